The van der Waals surface area contributed by atoms with Gasteiger partial charge in [0.1, 0.15) is 5.69 Å². The van der Waals surface area contributed by atoms with Crippen LogP contribution in [0.5, 0.6) is 0 Å². The molecule has 84 valence electrons. The second kappa shape index (κ2) is 4.32. The lowest BCUT2D eigenvalue weighted by atomic mass is 10.3. The van der Waals surface area contributed by atoms with Crippen molar-refractivity contribution in [1.29, 1.82) is 0 Å². The van der Waals surface area contributed by atoms with Gasteiger partial charge in [-0.15, -0.1) is 0 Å². The number of nitrogens with zero attached hydrogens (tertiary/aromatic N) is 5. The Morgan fingerprint density at radius 3 is 2.81 bits per heavy atom. The zero-order chi connectivity index (χ0) is 11.7. The van der Waals surface area contributed by atoms with E-state index in [9.17, 15) is 0 Å². The van der Waals surface area contributed by atoms with E-state index in [-0.39, 0.29) is 0 Å². The van der Waals surface area contributed by atoms with Crippen LogP contribution in [0.4, 0.5) is 5.69 Å². The first kappa shape index (κ1) is 11.2. The lowest BCUT2D eigenvalue weighted by Crippen LogP contribution is -2.07. The van der Waals surface area contributed by atoms with Gasteiger partial charge in [-0.05, 0) is 39.8 Å². The first-order chi connectivity index (χ1) is 7.59. The molecule has 2 aromatic rings. The van der Waals surface area contributed by atoms with Crippen LogP contribution >= 0.6 is 22.6 Å². The minimum absolute atomic E-state index is 0.490. The lowest BCUT2D eigenvalue weighted by Gasteiger charge is -2.04. The highest BCUT2D eigenvalue weighted by atomic mass is 127. The molecular weight excluding hydrogens is 321 g/mol. The minimum atomic E-state index is 0.490. The molecule has 0 N–H and O–H groups in total. The Balaban J connectivity index is 2.64. The third-order valence-electron chi connectivity index (χ3n) is 1.91. The van der Waals surface area contributed by atoms with E-state index in [1.54, 1.807) is 6.34 Å². The third kappa shape index (κ3) is 1.99. The monoisotopic (exact) mass is 331 g/mol. The molecule has 0 atom stereocenters. The van der Waals surface area contributed by atoms with Gasteiger partial charge in [-0.1, -0.05) is 0 Å². The Morgan fingerprint density at radius 2 is 2.12 bits per heavy atom. The van der Waals surface area contributed by atoms with E-state index in [0.29, 0.717) is 11.2 Å². The number of hydrogen-bond donors (Lipinski definition) is 0. The fourth-order valence-electron chi connectivity index (χ4n) is 1.18. The summed E-state index contributed by atoms with van der Waals surface area (Å²) in [5.41, 5.74) is 2.70. The van der Waals surface area contributed by atoms with Gasteiger partial charge in [0.15, 0.2) is 5.52 Å². The van der Waals surface area contributed by atoms with Crippen LogP contribution in [0, 0.1) is 10.5 Å². The van der Waals surface area contributed by atoms with Crippen LogP contribution in [0.3, 0.4) is 0 Å². The Bertz CT molecular complexity index is 548. The van der Waals surface area contributed by atoms with E-state index in [4.69, 9.17) is 0 Å². The molecule has 0 fully saturated rings. The first-order valence-electron chi connectivity index (χ1n) is 4.58. The Morgan fingerprint density at radius 1 is 1.38 bits per heavy atom. The van der Waals surface area contributed by atoms with Crippen LogP contribution in [0.25, 0.3) is 11.2 Å². The van der Waals surface area contributed by atoms with E-state index in [0.717, 1.165) is 15.0 Å². The largest absolute Gasteiger partial charge is 0.369 e. The van der Waals surface area contributed by atoms with Crippen molar-refractivity contribution in [3.05, 3.63) is 9.26 Å². The molecule has 0 saturated heterocycles. The molecule has 0 aromatic carbocycles. The minimum Gasteiger partial charge on any atom is -0.369 e. The van der Waals surface area contributed by atoms with Gasteiger partial charge in [-0.2, -0.15) is 0 Å². The maximum atomic E-state index is 4.67. The highest BCUT2D eigenvalue weighted by Gasteiger charge is 2.14. The van der Waals surface area contributed by atoms with Crippen LogP contribution < -0.4 is 0 Å². The van der Waals surface area contributed by atoms with Crippen molar-refractivity contribution in [2.75, 3.05) is 14.1 Å². The maximum Gasteiger partial charge on any atom is 0.226 e. The van der Waals surface area contributed by atoms with Gasteiger partial charge < -0.3 is 4.90 Å². The summed E-state index contributed by atoms with van der Waals surface area (Å²) in [6, 6.07) is 0. The summed E-state index contributed by atoms with van der Waals surface area (Å²) in [6.07, 6.45) is 1.71. The molecule has 0 aliphatic heterocycles. The molecule has 0 spiro atoms. The van der Waals surface area contributed by atoms with E-state index < -0.39 is 0 Å². The highest BCUT2D eigenvalue weighted by Crippen LogP contribution is 2.29. The van der Waals surface area contributed by atoms with Gasteiger partial charge in [-0.25, -0.2) is 14.6 Å². The van der Waals surface area contributed by atoms with Crippen molar-refractivity contribution in [2.24, 2.45) is 4.99 Å². The SMILES string of the molecule is Cc1nc2nonc2c(/N=C/N(C)C)c1I. The Labute approximate surface area is 106 Å². The normalized spacial score (nSPS) is 11.5. The summed E-state index contributed by atoms with van der Waals surface area (Å²) in [7, 11) is 3.81. The quantitative estimate of drug-likeness (QED) is 0.476. The molecule has 0 saturated carbocycles. The zero-order valence-corrected chi connectivity index (χ0v) is 11.3. The number of aliphatic imine (C=N–C) groups is 1. The fourth-order valence-corrected chi connectivity index (χ4v) is 1.70. The number of fused-ring (bicyclic) bond motifs is 1. The highest BCUT2D eigenvalue weighted by molar-refractivity contribution is 14.1. The molecule has 0 bridgehead atoms. The van der Waals surface area contributed by atoms with Gasteiger partial charge in [0.2, 0.25) is 5.65 Å². The van der Waals surface area contributed by atoms with Gasteiger partial charge in [-0.3, -0.25) is 0 Å². The molecule has 0 unspecified atom stereocenters. The molecular formula is C9H10IN5O. The molecule has 7 heteroatoms. The first-order valence-corrected chi connectivity index (χ1v) is 5.66. The standard InChI is InChI=1S/C9H10IN5O/c1-5-6(10)7(11-4-15(2)3)8-9(12-5)14-16-13-8/h4H,1-3H3/b11-4+. The van der Waals surface area contributed by atoms with Crippen molar-refractivity contribution in [1.82, 2.24) is 20.2 Å². The molecule has 16 heavy (non-hydrogen) atoms. The maximum absolute atomic E-state index is 4.67. The topological polar surface area (TPSA) is 67.4 Å². The van der Waals surface area contributed by atoms with Crippen molar-refractivity contribution < 1.29 is 4.63 Å². The van der Waals surface area contributed by atoms with Crippen molar-refractivity contribution in [3.8, 4) is 0 Å². The molecule has 0 aliphatic carbocycles. The zero-order valence-electron chi connectivity index (χ0n) is 9.10. The molecule has 0 aliphatic rings. The summed E-state index contributed by atoms with van der Waals surface area (Å²) in [5, 5.41) is 7.53. The predicted molar refractivity (Wildman–Crippen MR) is 68.9 cm³/mol. The van der Waals surface area contributed by atoms with Crippen molar-refractivity contribution >= 4 is 45.8 Å². The van der Waals surface area contributed by atoms with E-state index in [1.807, 2.05) is 25.9 Å². The number of rotatable bonds is 2. The van der Waals surface area contributed by atoms with Crippen LogP contribution in [-0.4, -0.2) is 40.6 Å². The van der Waals surface area contributed by atoms with E-state index >= 15 is 0 Å². The Kier molecular flexibility index (Phi) is 3.03. The van der Waals surface area contributed by atoms with E-state index in [1.165, 1.54) is 0 Å². The molecule has 0 radical (unpaired) electrons. The summed E-state index contributed by atoms with van der Waals surface area (Å²) in [6.45, 7) is 1.91. The molecule has 2 rings (SSSR count). The average molecular weight is 331 g/mol. The predicted octanol–water partition coefficient (Wildman–Crippen LogP) is 1.75. The summed E-state index contributed by atoms with van der Waals surface area (Å²) in [5.74, 6) is 0. The second-order valence-corrected chi connectivity index (χ2v) is 4.58. The van der Waals surface area contributed by atoms with Crippen molar-refractivity contribution in [3.63, 3.8) is 0 Å². The number of pyridine rings is 1. The Hall–Kier alpha value is -1.25. The number of hydrogen-bond acceptors (Lipinski definition) is 5. The van der Waals surface area contributed by atoms with Crippen LogP contribution in [0.1, 0.15) is 5.69 Å². The fraction of sp³-hybridized carbons (Fsp3) is 0.333. The molecule has 0 amide bonds. The van der Waals surface area contributed by atoms with Crippen LogP contribution in [0.15, 0.2) is 9.62 Å². The summed E-state index contributed by atoms with van der Waals surface area (Å²) >= 11 is 2.19. The van der Waals surface area contributed by atoms with E-state index in [2.05, 4.69) is 47.5 Å². The number of aromatic nitrogens is 3. The number of aryl methyl sites for hydroxylation is 1. The molecule has 2 heterocycles. The second-order valence-electron chi connectivity index (χ2n) is 3.50. The number of halogens is 1. The summed E-state index contributed by atoms with van der Waals surface area (Å²) < 4.78 is 5.63. The van der Waals surface area contributed by atoms with Gasteiger partial charge in [0.05, 0.1) is 15.6 Å². The third-order valence-corrected chi connectivity index (χ3v) is 3.20. The summed E-state index contributed by atoms with van der Waals surface area (Å²) in [4.78, 5) is 10.5. The smallest absolute Gasteiger partial charge is 0.226 e. The van der Waals surface area contributed by atoms with Crippen molar-refractivity contribution in [2.45, 2.75) is 6.92 Å². The molecule has 2 aromatic heterocycles. The lowest BCUT2D eigenvalue weighted by molar-refractivity contribution is 0.315. The van der Waals surface area contributed by atoms with Gasteiger partial charge in [0.25, 0.3) is 0 Å². The van der Waals surface area contributed by atoms with Gasteiger partial charge in [0, 0.05) is 14.1 Å². The molecule has 6 nitrogen and oxygen atoms in total. The average Bonchev–Trinajstić information content (AvgIpc) is 2.65. The van der Waals surface area contributed by atoms with Crippen LogP contribution in [0.2, 0.25) is 0 Å². The van der Waals surface area contributed by atoms with Crippen LogP contribution in [-0.2, 0) is 0 Å². The van der Waals surface area contributed by atoms with Gasteiger partial charge >= 0.3 is 0 Å².